The predicted octanol–water partition coefficient (Wildman–Crippen LogP) is 1.28. The summed E-state index contributed by atoms with van der Waals surface area (Å²) in [4.78, 5) is 10.5. The summed E-state index contributed by atoms with van der Waals surface area (Å²) in [6.07, 6.45) is 0.939. The van der Waals surface area contributed by atoms with Gasteiger partial charge in [-0.3, -0.25) is 0 Å². The molecule has 1 aromatic rings. The summed E-state index contributed by atoms with van der Waals surface area (Å²) >= 11 is 0. The molecule has 0 atom stereocenters. The van der Waals surface area contributed by atoms with Crippen molar-refractivity contribution in [3.05, 3.63) is 29.8 Å². The van der Waals surface area contributed by atoms with Gasteiger partial charge in [-0.15, -0.1) is 0 Å². The first-order valence-electron chi connectivity index (χ1n) is 5.86. The number of carboxylic acid groups (broad SMARTS) is 1. The number of hydrogen-bond donors (Lipinski definition) is 2. The molecule has 0 spiro atoms. The Labute approximate surface area is 107 Å². The second kappa shape index (κ2) is 8.49. The van der Waals surface area contributed by atoms with Gasteiger partial charge in [0.25, 0.3) is 0 Å². The lowest BCUT2D eigenvalue weighted by atomic mass is 10.2. The molecule has 0 fully saturated rings. The van der Waals surface area contributed by atoms with Crippen molar-refractivity contribution in [2.45, 2.75) is 13.0 Å². The van der Waals surface area contributed by atoms with Gasteiger partial charge in [0.05, 0.1) is 0 Å². The van der Waals surface area contributed by atoms with Crippen molar-refractivity contribution in [2.75, 3.05) is 26.9 Å². The van der Waals surface area contributed by atoms with Crippen molar-refractivity contribution in [3.8, 4) is 5.75 Å². The molecule has 2 N–H and O–H groups in total. The number of hydrogen-bond acceptors (Lipinski definition) is 4. The van der Waals surface area contributed by atoms with E-state index in [1.54, 1.807) is 13.2 Å². The highest BCUT2D eigenvalue weighted by molar-refractivity contribution is 5.68. The molecule has 18 heavy (non-hydrogen) atoms. The van der Waals surface area contributed by atoms with Crippen molar-refractivity contribution in [1.82, 2.24) is 5.32 Å². The predicted molar refractivity (Wildman–Crippen MR) is 67.8 cm³/mol. The molecule has 0 amide bonds. The van der Waals surface area contributed by atoms with E-state index in [4.69, 9.17) is 14.6 Å². The lowest BCUT2D eigenvalue weighted by Gasteiger charge is -2.10. The topological polar surface area (TPSA) is 67.8 Å². The molecule has 0 aliphatic carbocycles. The van der Waals surface area contributed by atoms with Crippen LogP contribution >= 0.6 is 0 Å². The largest absolute Gasteiger partial charge is 0.482 e. The van der Waals surface area contributed by atoms with Gasteiger partial charge in [0.15, 0.2) is 6.61 Å². The second-order valence-corrected chi connectivity index (χ2v) is 3.81. The van der Waals surface area contributed by atoms with Crippen LogP contribution in [0.2, 0.25) is 0 Å². The SMILES string of the molecule is COCCCNCc1ccccc1OCC(=O)O. The molecular formula is C13H19NO4. The summed E-state index contributed by atoms with van der Waals surface area (Å²) in [7, 11) is 1.68. The standard InChI is InChI=1S/C13H19NO4/c1-17-8-4-7-14-9-11-5-2-3-6-12(11)18-10-13(15)16/h2-3,5-6,14H,4,7-10H2,1H3,(H,15,16). The molecule has 0 saturated heterocycles. The number of methoxy groups -OCH3 is 1. The van der Waals surface area contributed by atoms with E-state index in [1.165, 1.54) is 0 Å². The van der Waals surface area contributed by atoms with Gasteiger partial charge in [0, 0.05) is 25.8 Å². The van der Waals surface area contributed by atoms with Crippen LogP contribution in [0.15, 0.2) is 24.3 Å². The van der Waals surface area contributed by atoms with Crippen molar-refractivity contribution < 1.29 is 19.4 Å². The van der Waals surface area contributed by atoms with Gasteiger partial charge >= 0.3 is 5.97 Å². The summed E-state index contributed by atoms with van der Waals surface area (Å²) in [5, 5.41) is 11.8. The third-order valence-electron chi connectivity index (χ3n) is 2.34. The molecule has 0 heterocycles. The van der Waals surface area contributed by atoms with E-state index in [-0.39, 0.29) is 6.61 Å². The van der Waals surface area contributed by atoms with Crippen LogP contribution in [0.1, 0.15) is 12.0 Å². The van der Waals surface area contributed by atoms with Crippen molar-refractivity contribution in [1.29, 1.82) is 0 Å². The number of nitrogens with one attached hydrogen (secondary N) is 1. The zero-order valence-electron chi connectivity index (χ0n) is 10.5. The molecular weight excluding hydrogens is 234 g/mol. The van der Waals surface area contributed by atoms with Gasteiger partial charge < -0.3 is 19.9 Å². The summed E-state index contributed by atoms with van der Waals surface area (Å²) in [5.74, 6) is -0.364. The Balaban J connectivity index is 2.41. The van der Waals surface area contributed by atoms with Crippen LogP contribution in [0.25, 0.3) is 0 Å². The number of aliphatic carboxylic acids is 1. The normalized spacial score (nSPS) is 10.3. The van der Waals surface area contributed by atoms with Crippen LogP contribution in [0.5, 0.6) is 5.75 Å². The van der Waals surface area contributed by atoms with Crippen LogP contribution in [0.3, 0.4) is 0 Å². The quantitative estimate of drug-likeness (QED) is 0.649. The van der Waals surface area contributed by atoms with E-state index in [9.17, 15) is 4.79 Å². The minimum Gasteiger partial charge on any atom is -0.482 e. The molecule has 0 bridgehead atoms. The van der Waals surface area contributed by atoms with Crippen LogP contribution in [0, 0.1) is 0 Å². The summed E-state index contributed by atoms with van der Waals surface area (Å²) in [6.45, 7) is 1.91. The highest BCUT2D eigenvalue weighted by Crippen LogP contribution is 2.17. The van der Waals surface area contributed by atoms with E-state index >= 15 is 0 Å². The maximum Gasteiger partial charge on any atom is 0.341 e. The van der Waals surface area contributed by atoms with Crippen LogP contribution in [-0.2, 0) is 16.1 Å². The molecule has 1 aromatic carbocycles. The van der Waals surface area contributed by atoms with E-state index in [2.05, 4.69) is 5.32 Å². The lowest BCUT2D eigenvalue weighted by molar-refractivity contribution is -0.139. The van der Waals surface area contributed by atoms with Gasteiger partial charge in [0.1, 0.15) is 5.75 Å². The van der Waals surface area contributed by atoms with Gasteiger partial charge in [-0.2, -0.15) is 0 Å². The molecule has 1 rings (SSSR count). The van der Waals surface area contributed by atoms with E-state index in [0.29, 0.717) is 12.3 Å². The molecule has 0 aliphatic rings. The zero-order valence-corrected chi connectivity index (χ0v) is 10.5. The average molecular weight is 253 g/mol. The molecule has 0 unspecified atom stereocenters. The molecule has 0 saturated carbocycles. The molecule has 5 nitrogen and oxygen atoms in total. The average Bonchev–Trinajstić information content (AvgIpc) is 2.37. The Bertz CT molecular complexity index is 368. The first kappa shape index (κ1) is 14.5. The number of para-hydroxylation sites is 1. The van der Waals surface area contributed by atoms with Crippen LogP contribution in [-0.4, -0.2) is 37.9 Å². The fourth-order valence-corrected chi connectivity index (χ4v) is 1.49. The lowest BCUT2D eigenvalue weighted by Crippen LogP contribution is -2.17. The first-order chi connectivity index (χ1) is 8.74. The van der Waals surface area contributed by atoms with Crippen LogP contribution in [0.4, 0.5) is 0 Å². The first-order valence-corrected chi connectivity index (χ1v) is 5.86. The maximum atomic E-state index is 10.5. The summed E-state index contributed by atoms with van der Waals surface area (Å²) < 4.78 is 10.2. The molecule has 100 valence electrons. The van der Waals surface area contributed by atoms with Gasteiger partial charge in [-0.25, -0.2) is 4.79 Å². The van der Waals surface area contributed by atoms with E-state index in [0.717, 1.165) is 25.1 Å². The van der Waals surface area contributed by atoms with Crippen LogP contribution < -0.4 is 10.1 Å². The number of carboxylic acids is 1. The number of rotatable bonds is 9. The third kappa shape index (κ3) is 5.65. The van der Waals surface area contributed by atoms with Crippen molar-refractivity contribution in [3.63, 3.8) is 0 Å². The third-order valence-corrected chi connectivity index (χ3v) is 2.34. The van der Waals surface area contributed by atoms with E-state index < -0.39 is 5.97 Å². The molecule has 0 aromatic heterocycles. The monoisotopic (exact) mass is 253 g/mol. The number of benzene rings is 1. The van der Waals surface area contributed by atoms with Crippen molar-refractivity contribution >= 4 is 5.97 Å². The number of carbonyl (C=O) groups is 1. The Hall–Kier alpha value is -1.59. The zero-order chi connectivity index (χ0) is 13.2. The Kier molecular flexibility index (Phi) is 6.83. The maximum absolute atomic E-state index is 10.5. The highest BCUT2D eigenvalue weighted by Gasteiger charge is 2.04. The molecule has 5 heteroatoms. The van der Waals surface area contributed by atoms with Gasteiger partial charge in [-0.05, 0) is 19.0 Å². The Morgan fingerprint density at radius 2 is 2.17 bits per heavy atom. The second-order valence-electron chi connectivity index (χ2n) is 3.81. The smallest absolute Gasteiger partial charge is 0.341 e. The van der Waals surface area contributed by atoms with Crippen molar-refractivity contribution in [2.24, 2.45) is 0 Å². The minimum atomic E-state index is -0.974. The Morgan fingerprint density at radius 1 is 1.39 bits per heavy atom. The fourth-order valence-electron chi connectivity index (χ4n) is 1.49. The molecule has 0 radical (unpaired) electrons. The highest BCUT2D eigenvalue weighted by atomic mass is 16.5. The minimum absolute atomic E-state index is 0.319. The Morgan fingerprint density at radius 3 is 2.89 bits per heavy atom. The number of ether oxygens (including phenoxy) is 2. The fraction of sp³-hybridized carbons (Fsp3) is 0.462. The summed E-state index contributed by atoms with van der Waals surface area (Å²) in [5.41, 5.74) is 0.955. The van der Waals surface area contributed by atoms with Gasteiger partial charge in [0.2, 0.25) is 0 Å². The van der Waals surface area contributed by atoms with Gasteiger partial charge in [-0.1, -0.05) is 18.2 Å². The molecule has 0 aliphatic heterocycles. The van der Waals surface area contributed by atoms with E-state index in [1.807, 2.05) is 18.2 Å². The summed E-state index contributed by atoms with van der Waals surface area (Å²) in [6, 6.07) is 7.42.